The Bertz CT molecular complexity index is 486. The lowest BCUT2D eigenvalue weighted by Crippen LogP contribution is -2.46. The summed E-state index contributed by atoms with van der Waals surface area (Å²) in [5, 5.41) is 9.36. The first-order valence-electron chi connectivity index (χ1n) is 8.34. The van der Waals surface area contributed by atoms with Gasteiger partial charge >= 0.3 is 12.1 Å². The summed E-state index contributed by atoms with van der Waals surface area (Å²) in [5.74, 6) is -0.550. The summed E-state index contributed by atoms with van der Waals surface area (Å²) in [4.78, 5) is 36.5. The minimum Gasteiger partial charge on any atom is -0.481 e. The molecule has 23 heavy (non-hydrogen) atoms. The first kappa shape index (κ1) is 17.8. The number of ether oxygens (including phenoxy) is 1. The molecule has 1 saturated heterocycles. The molecule has 0 radical (unpaired) electrons. The van der Waals surface area contributed by atoms with E-state index < -0.39 is 17.0 Å². The first-order valence-corrected chi connectivity index (χ1v) is 8.34. The molecule has 2 rings (SSSR count). The molecule has 1 atom stereocenters. The van der Waals surface area contributed by atoms with Gasteiger partial charge in [0.15, 0.2) is 0 Å². The Kier molecular flexibility index (Phi) is 5.01. The molecule has 130 valence electrons. The second kappa shape index (κ2) is 6.49. The Labute approximate surface area is 137 Å². The van der Waals surface area contributed by atoms with Crippen molar-refractivity contribution >= 4 is 17.8 Å². The Morgan fingerprint density at radius 2 is 2.00 bits per heavy atom. The monoisotopic (exact) mass is 325 g/mol. The number of carbonyl (C=O) groups is 3. The average molecular weight is 325 g/mol. The van der Waals surface area contributed by atoms with Crippen LogP contribution in [0.5, 0.6) is 0 Å². The van der Waals surface area contributed by atoms with E-state index in [1.807, 2.05) is 20.8 Å². The van der Waals surface area contributed by atoms with E-state index in [4.69, 9.17) is 4.74 Å². The maximum absolute atomic E-state index is 12.1. The number of carboxylic acids is 1. The highest BCUT2D eigenvalue weighted by Gasteiger charge is 2.49. The molecule has 1 unspecified atom stereocenters. The minimum atomic E-state index is -0.864. The van der Waals surface area contributed by atoms with E-state index in [2.05, 4.69) is 0 Å². The van der Waals surface area contributed by atoms with Crippen LogP contribution in [-0.2, 0) is 14.3 Å². The van der Waals surface area contributed by atoms with Crippen molar-refractivity contribution in [3.63, 3.8) is 0 Å². The van der Waals surface area contributed by atoms with Gasteiger partial charge in [0.05, 0.1) is 5.41 Å². The second-order valence-electron chi connectivity index (χ2n) is 7.95. The molecule has 2 aliphatic rings. The molecule has 1 aliphatic heterocycles. The van der Waals surface area contributed by atoms with Crippen LogP contribution in [0.4, 0.5) is 4.79 Å². The topological polar surface area (TPSA) is 83.9 Å². The van der Waals surface area contributed by atoms with E-state index in [1.165, 1.54) is 0 Å². The molecule has 1 saturated carbocycles. The highest BCUT2D eigenvalue weighted by Crippen LogP contribution is 2.44. The van der Waals surface area contributed by atoms with E-state index in [1.54, 1.807) is 4.90 Å². The van der Waals surface area contributed by atoms with Crippen molar-refractivity contribution in [1.29, 1.82) is 0 Å². The fourth-order valence-corrected chi connectivity index (χ4v) is 3.41. The predicted molar refractivity (Wildman–Crippen MR) is 84.1 cm³/mol. The van der Waals surface area contributed by atoms with Gasteiger partial charge in [-0.1, -0.05) is 0 Å². The molecule has 0 aromatic heterocycles. The number of hydrogen-bond acceptors (Lipinski definition) is 4. The van der Waals surface area contributed by atoms with Crippen molar-refractivity contribution in [2.75, 3.05) is 13.1 Å². The lowest BCUT2D eigenvalue weighted by Gasteiger charge is -2.39. The number of carboxylic acid groups (broad SMARTS) is 1. The quantitative estimate of drug-likeness (QED) is 0.859. The summed E-state index contributed by atoms with van der Waals surface area (Å²) in [6.45, 7) is 6.83. The summed E-state index contributed by atoms with van der Waals surface area (Å²) >= 11 is 0. The van der Waals surface area contributed by atoms with E-state index >= 15 is 0 Å². The third-order valence-electron chi connectivity index (χ3n) is 4.73. The number of amides is 1. The standard InChI is InChI=1S/C17H27NO5/c1-16(2,3)23-15(22)18-8-4-5-12(11-18)6-7-17(14(20)21)9-13(19)10-17/h12H,4-11H2,1-3H3,(H,20,21). The van der Waals surface area contributed by atoms with Crippen molar-refractivity contribution in [3.8, 4) is 0 Å². The van der Waals surface area contributed by atoms with E-state index in [9.17, 15) is 19.5 Å². The number of piperidine rings is 1. The lowest BCUT2D eigenvalue weighted by molar-refractivity contribution is -0.161. The van der Waals surface area contributed by atoms with Crippen LogP contribution in [0.3, 0.4) is 0 Å². The van der Waals surface area contributed by atoms with Gasteiger partial charge in [0.1, 0.15) is 11.4 Å². The molecule has 1 aliphatic carbocycles. The molecule has 1 heterocycles. The molecular weight excluding hydrogens is 298 g/mol. The molecule has 0 aromatic rings. The zero-order chi connectivity index (χ0) is 17.3. The Hall–Kier alpha value is -1.59. The van der Waals surface area contributed by atoms with E-state index in [0.29, 0.717) is 19.5 Å². The van der Waals surface area contributed by atoms with Crippen molar-refractivity contribution < 1.29 is 24.2 Å². The van der Waals surface area contributed by atoms with Crippen LogP contribution in [-0.4, -0.2) is 46.5 Å². The number of nitrogens with zero attached hydrogens (tertiary/aromatic N) is 1. The molecule has 2 fully saturated rings. The van der Waals surface area contributed by atoms with Gasteiger partial charge in [-0.05, 0) is 52.4 Å². The molecule has 6 nitrogen and oxygen atoms in total. The van der Waals surface area contributed by atoms with Crippen LogP contribution >= 0.6 is 0 Å². The fourth-order valence-electron chi connectivity index (χ4n) is 3.41. The Balaban J connectivity index is 1.86. The van der Waals surface area contributed by atoms with Gasteiger partial charge in [-0.3, -0.25) is 9.59 Å². The van der Waals surface area contributed by atoms with Gasteiger partial charge in [-0.2, -0.15) is 0 Å². The van der Waals surface area contributed by atoms with Crippen LogP contribution in [0.15, 0.2) is 0 Å². The molecule has 1 amide bonds. The van der Waals surface area contributed by atoms with E-state index in [-0.39, 0.29) is 30.6 Å². The summed E-state index contributed by atoms with van der Waals surface area (Å²) in [6, 6.07) is 0. The molecule has 1 N–H and O–H groups in total. The normalized spacial score (nSPS) is 24.0. The smallest absolute Gasteiger partial charge is 0.410 e. The summed E-state index contributed by atoms with van der Waals surface area (Å²) in [5.41, 5.74) is -1.37. The third-order valence-corrected chi connectivity index (χ3v) is 4.73. The van der Waals surface area contributed by atoms with E-state index in [0.717, 1.165) is 19.3 Å². The number of ketones is 1. The Morgan fingerprint density at radius 3 is 2.52 bits per heavy atom. The number of carbonyl (C=O) groups excluding carboxylic acids is 2. The highest BCUT2D eigenvalue weighted by molar-refractivity contribution is 5.96. The lowest BCUT2D eigenvalue weighted by atomic mass is 9.64. The first-order chi connectivity index (χ1) is 10.6. The van der Waals surface area contributed by atoms with Crippen LogP contribution < -0.4 is 0 Å². The number of likely N-dealkylation sites (tertiary alicyclic amines) is 1. The zero-order valence-corrected chi connectivity index (χ0v) is 14.3. The molecular formula is C17H27NO5. The number of rotatable bonds is 4. The minimum absolute atomic E-state index is 0.0337. The van der Waals surface area contributed by atoms with Crippen molar-refractivity contribution in [2.45, 2.75) is 64.9 Å². The fraction of sp³-hybridized carbons (Fsp3) is 0.824. The van der Waals surface area contributed by atoms with Gasteiger partial charge in [0, 0.05) is 25.9 Å². The Morgan fingerprint density at radius 1 is 1.35 bits per heavy atom. The number of aliphatic carboxylic acids is 1. The predicted octanol–water partition coefficient (Wildman–Crippen LogP) is 2.85. The van der Waals surface area contributed by atoms with Crippen molar-refractivity contribution in [1.82, 2.24) is 4.90 Å². The average Bonchev–Trinajstić information content (AvgIpc) is 2.40. The van der Waals surface area contributed by atoms with Gasteiger partial charge in [-0.25, -0.2) is 4.79 Å². The molecule has 6 heteroatoms. The maximum Gasteiger partial charge on any atom is 0.410 e. The molecule has 0 spiro atoms. The number of hydrogen-bond donors (Lipinski definition) is 1. The number of Topliss-reactive ketones (excluding diaryl/α,β-unsaturated/α-hetero) is 1. The van der Waals surface area contributed by atoms with Crippen molar-refractivity contribution in [3.05, 3.63) is 0 Å². The van der Waals surface area contributed by atoms with Crippen LogP contribution in [0.25, 0.3) is 0 Å². The van der Waals surface area contributed by atoms with Gasteiger partial charge in [0.25, 0.3) is 0 Å². The second-order valence-corrected chi connectivity index (χ2v) is 7.95. The molecule has 0 bridgehead atoms. The summed E-state index contributed by atoms with van der Waals surface area (Å²) in [6.07, 6.45) is 3.16. The van der Waals surface area contributed by atoms with Gasteiger partial charge < -0.3 is 14.7 Å². The third kappa shape index (κ3) is 4.45. The molecule has 0 aromatic carbocycles. The van der Waals surface area contributed by atoms with Gasteiger partial charge in [0.2, 0.25) is 0 Å². The maximum atomic E-state index is 12.1. The highest BCUT2D eigenvalue weighted by atomic mass is 16.6. The van der Waals surface area contributed by atoms with Crippen LogP contribution in [0.1, 0.15) is 59.3 Å². The van der Waals surface area contributed by atoms with Gasteiger partial charge in [-0.15, -0.1) is 0 Å². The largest absolute Gasteiger partial charge is 0.481 e. The summed E-state index contributed by atoms with van der Waals surface area (Å²) in [7, 11) is 0. The summed E-state index contributed by atoms with van der Waals surface area (Å²) < 4.78 is 5.40. The van der Waals surface area contributed by atoms with Crippen molar-refractivity contribution in [2.24, 2.45) is 11.3 Å². The van der Waals surface area contributed by atoms with Crippen LogP contribution in [0, 0.1) is 11.3 Å². The van der Waals surface area contributed by atoms with Crippen LogP contribution in [0.2, 0.25) is 0 Å². The SMILES string of the molecule is CC(C)(C)OC(=O)N1CCCC(CCC2(C(=O)O)CC(=O)C2)C1. The zero-order valence-electron chi connectivity index (χ0n) is 14.3.